The van der Waals surface area contributed by atoms with Gasteiger partial charge in [-0.05, 0) is 18.2 Å². The van der Waals surface area contributed by atoms with Crippen LogP contribution in [0.3, 0.4) is 0 Å². The number of carbonyl (C=O) groups is 1. The fourth-order valence-electron chi connectivity index (χ4n) is 1.36. The topological polar surface area (TPSA) is 29.1 Å². The Morgan fingerprint density at radius 2 is 2.60 bits per heavy atom. The molecule has 0 spiro atoms. The summed E-state index contributed by atoms with van der Waals surface area (Å²) in [6.45, 7) is 1.02. The number of nitrogens with one attached hydrogen (secondary N) is 1. The Hall–Kier alpha value is -0.440. The first-order valence-corrected chi connectivity index (χ1v) is 4.36. The summed E-state index contributed by atoms with van der Waals surface area (Å²) >= 11 is 1.50. The van der Waals surface area contributed by atoms with Gasteiger partial charge >= 0.3 is 0 Å². The van der Waals surface area contributed by atoms with Crippen molar-refractivity contribution in [1.29, 1.82) is 0 Å². The van der Waals surface area contributed by atoms with Crippen molar-refractivity contribution in [3.05, 3.63) is 11.8 Å². The maximum Gasteiger partial charge on any atom is 0.193 e. The molecule has 1 saturated heterocycles. The Kier molecular flexibility index (Phi) is 1.45. The van der Waals surface area contributed by atoms with Crippen LogP contribution in [0.4, 0.5) is 0 Å². The second-order valence-electron chi connectivity index (χ2n) is 2.62. The van der Waals surface area contributed by atoms with E-state index in [1.807, 2.05) is 6.20 Å². The summed E-state index contributed by atoms with van der Waals surface area (Å²) in [5, 5.41) is 3.99. The van der Waals surface area contributed by atoms with E-state index in [0.29, 0.717) is 16.8 Å². The summed E-state index contributed by atoms with van der Waals surface area (Å²) in [5.74, 6) is 0. The van der Waals surface area contributed by atoms with Crippen LogP contribution < -0.4 is 5.32 Å². The molecule has 0 unspecified atom stereocenters. The molecule has 2 heterocycles. The van der Waals surface area contributed by atoms with Crippen molar-refractivity contribution in [3.63, 3.8) is 0 Å². The van der Waals surface area contributed by atoms with Crippen molar-refractivity contribution in [2.24, 2.45) is 0 Å². The minimum atomic E-state index is 0.333. The normalized spacial score (nSPS) is 31.0. The lowest BCUT2D eigenvalue weighted by Gasteiger charge is -2.15. The largest absolute Gasteiger partial charge is 0.391 e. The zero-order valence-corrected chi connectivity index (χ0v) is 6.41. The van der Waals surface area contributed by atoms with Crippen molar-refractivity contribution in [2.45, 2.75) is 18.1 Å². The van der Waals surface area contributed by atoms with Crippen molar-refractivity contribution < 1.29 is 4.79 Å². The van der Waals surface area contributed by atoms with Gasteiger partial charge in [0.25, 0.3) is 0 Å². The highest BCUT2D eigenvalue weighted by Gasteiger charge is 2.29. The van der Waals surface area contributed by atoms with Crippen LogP contribution in [-0.2, 0) is 4.79 Å². The van der Waals surface area contributed by atoms with Crippen LogP contribution >= 0.6 is 11.8 Å². The maximum absolute atomic E-state index is 10.9. The van der Waals surface area contributed by atoms with Gasteiger partial charge in [0, 0.05) is 18.2 Å². The number of carbonyl (C=O) groups excluding carboxylic acids is 1. The van der Waals surface area contributed by atoms with E-state index in [0.717, 1.165) is 13.0 Å². The number of fused-ring (bicyclic) bond motifs is 1. The van der Waals surface area contributed by atoms with E-state index in [4.69, 9.17) is 0 Å². The van der Waals surface area contributed by atoms with E-state index >= 15 is 0 Å². The first-order chi connectivity index (χ1) is 4.86. The van der Waals surface area contributed by atoms with Crippen LogP contribution in [-0.4, -0.2) is 16.9 Å². The molecule has 0 amide bonds. The Bertz CT molecular complexity index is 200. The van der Waals surface area contributed by atoms with E-state index in [2.05, 4.69) is 5.32 Å². The van der Waals surface area contributed by atoms with E-state index in [1.54, 1.807) is 0 Å². The SMILES string of the molecule is O=C1CC2=CNCC[C@@H]2S1. The molecule has 0 aromatic rings. The average molecular weight is 155 g/mol. The summed E-state index contributed by atoms with van der Waals surface area (Å²) < 4.78 is 0. The van der Waals surface area contributed by atoms with E-state index in [-0.39, 0.29) is 0 Å². The lowest BCUT2D eigenvalue weighted by Crippen LogP contribution is -2.20. The standard InChI is InChI=1S/C7H9NOS/c9-7-3-5-4-8-2-1-6(5)10-7/h4,6,8H,1-3H2/t6-/m0/s1. The molecule has 54 valence electrons. The van der Waals surface area contributed by atoms with Crippen LogP contribution in [0, 0.1) is 0 Å². The van der Waals surface area contributed by atoms with Gasteiger partial charge in [-0.3, -0.25) is 4.79 Å². The molecule has 0 radical (unpaired) electrons. The van der Waals surface area contributed by atoms with Gasteiger partial charge in [-0.2, -0.15) is 0 Å². The predicted octanol–water partition coefficient (Wildman–Crippen LogP) is 0.896. The second kappa shape index (κ2) is 2.31. The Morgan fingerprint density at radius 3 is 3.40 bits per heavy atom. The van der Waals surface area contributed by atoms with Gasteiger partial charge in [-0.25, -0.2) is 0 Å². The second-order valence-corrected chi connectivity index (χ2v) is 3.88. The van der Waals surface area contributed by atoms with Gasteiger partial charge in [0.2, 0.25) is 0 Å². The van der Waals surface area contributed by atoms with Crippen molar-refractivity contribution in [3.8, 4) is 0 Å². The Morgan fingerprint density at radius 1 is 1.70 bits per heavy atom. The van der Waals surface area contributed by atoms with Crippen LogP contribution in [0.25, 0.3) is 0 Å². The summed E-state index contributed by atoms with van der Waals surface area (Å²) in [6, 6.07) is 0. The van der Waals surface area contributed by atoms with Gasteiger partial charge in [0.1, 0.15) is 0 Å². The molecule has 10 heavy (non-hydrogen) atoms. The van der Waals surface area contributed by atoms with Gasteiger partial charge in [0.05, 0.1) is 0 Å². The summed E-state index contributed by atoms with van der Waals surface area (Å²) in [4.78, 5) is 10.9. The fraction of sp³-hybridized carbons (Fsp3) is 0.571. The molecule has 0 aromatic carbocycles. The molecule has 0 aliphatic carbocycles. The highest BCUT2D eigenvalue weighted by Crippen LogP contribution is 2.35. The van der Waals surface area contributed by atoms with Crippen molar-refractivity contribution in [1.82, 2.24) is 5.32 Å². The van der Waals surface area contributed by atoms with Gasteiger partial charge < -0.3 is 5.32 Å². The number of rotatable bonds is 0. The highest BCUT2D eigenvalue weighted by molar-refractivity contribution is 8.14. The fourth-order valence-corrected chi connectivity index (χ4v) is 2.47. The first kappa shape index (κ1) is 6.28. The molecule has 3 heteroatoms. The van der Waals surface area contributed by atoms with Crippen LogP contribution in [0.5, 0.6) is 0 Å². The molecule has 1 N–H and O–H groups in total. The summed E-state index contributed by atoms with van der Waals surface area (Å²) in [6.07, 6.45) is 3.79. The van der Waals surface area contributed by atoms with Gasteiger partial charge in [0.15, 0.2) is 5.12 Å². The predicted molar refractivity (Wildman–Crippen MR) is 41.7 cm³/mol. The number of hydrogen-bond acceptors (Lipinski definition) is 3. The third-order valence-electron chi connectivity index (χ3n) is 1.87. The van der Waals surface area contributed by atoms with Crippen molar-refractivity contribution >= 4 is 16.9 Å². The quantitative estimate of drug-likeness (QED) is 0.563. The van der Waals surface area contributed by atoms with E-state index in [9.17, 15) is 4.79 Å². The minimum absolute atomic E-state index is 0.333. The molecule has 0 saturated carbocycles. The summed E-state index contributed by atoms with van der Waals surface area (Å²) in [5.41, 5.74) is 1.29. The van der Waals surface area contributed by atoms with Crippen LogP contribution in [0.15, 0.2) is 11.8 Å². The lowest BCUT2D eigenvalue weighted by atomic mass is 10.1. The lowest BCUT2D eigenvalue weighted by molar-refractivity contribution is -0.110. The maximum atomic E-state index is 10.9. The van der Waals surface area contributed by atoms with Gasteiger partial charge in [-0.1, -0.05) is 11.8 Å². The molecule has 2 aliphatic rings. The number of thioether (sulfide) groups is 1. The Balaban J connectivity index is 2.20. The van der Waals surface area contributed by atoms with Crippen molar-refractivity contribution in [2.75, 3.05) is 6.54 Å². The third kappa shape index (κ3) is 0.944. The van der Waals surface area contributed by atoms with E-state index in [1.165, 1.54) is 17.3 Å². The molecule has 0 bridgehead atoms. The monoisotopic (exact) mass is 155 g/mol. The zero-order chi connectivity index (χ0) is 6.97. The van der Waals surface area contributed by atoms with Crippen LogP contribution in [0.2, 0.25) is 0 Å². The van der Waals surface area contributed by atoms with E-state index < -0.39 is 0 Å². The first-order valence-electron chi connectivity index (χ1n) is 3.48. The smallest absolute Gasteiger partial charge is 0.193 e. The molecule has 2 nitrogen and oxygen atoms in total. The molecule has 2 aliphatic heterocycles. The van der Waals surface area contributed by atoms with Crippen LogP contribution in [0.1, 0.15) is 12.8 Å². The minimum Gasteiger partial charge on any atom is -0.391 e. The molecule has 2 rings (SSSR count). The number of hydrogen-bond donors (Lipinski definition) is 1. The molecule has 0 aromatic heterocycles. The molecule has 1 fully saturated rings. The third-order valence-corrected chi connectivity index (χ3v) is 3.10. The van der Waals surface area contributed by atoms with Gasteiger partial charge in [-0.15, -0.1) is 0 Å². The molecular formula is C7H9NOS. The molecule has 1 atom stereocenters. The highest BCUT2D eigenvalue weighted by atomic mass is 32.2. The molecular weight excluding hydrogens is 146 g/mol. The average Bonchev–Trinajstić information content (AvgIpc) is 2.27. The zero-order valence-electron chi connectivity index (χ0n) is 5.59. The summed E-state index contributed by atoms with van der Waals surface area (Å²) in [7, 11) is 0. The Labute approximate surface area is 64.1 Å².